The molecule has 0 saturated carbocycles. The molecule has 0 radical (unpaired) electrons. The van der Waals surface area contributed by atoms with Gasteiger partial charge >= 0.3 is 0 Å². The quantitative estimate of drug-likeness (QED) is 0.887. The predicted octanol–water partition coefficient (Wildman–Crippen LogP) is 3.58. The van der Waals surface area contributed by atoms with E-state index in [9.17, 15) is 4.79 Å². The van der Waals surface area contributed by atoms with Gasteiger partial charge in [-0.05, 0) is 43.7 Å². The maximum absolute atomic E-state index is 12.4. The fraction of sp³-hybridized carbons (Fsp3) is 0.278. The minimum Gasteiger partial charge on any atom is -0.496 e. The highest BCUT2D eigenvalue weighted by molar-refractivity contribution is 5.97. The summed E-state index contributed by atoms with van der Waals surface area (Å²) in [5, 5.41) is 2.98. The number of para-hydroxylation sites is 1. The summed E-state index contributed by atoms with van der Waals surface area (Å²) in [4.78, 5) is 12.4. The monoisotopic (exact) mass is 299 g/mol. The van der Waals surface area contributed by atoms with Crippen LogP contribution in [-0.4, -0.2) is 19.6 Å². The first-order chi connectivity index (χ1) is 10.7. The number of ether oxygens (including phenoxy) is 2. The lowest BCUT2D eigenvalue weighted by atomic mass is 10.1. The van der Waals surface area contributed by atoms with Gasteiger partial charge in [0.25, 0.3) is 5.91 Å². The van der Waals surface area contributed by atoms with Crippen molar-refractivity contribution in [3.63, 3.8) is 0 Å². The van der Waals surface area contributed by atoms with Crippen LogP contribution < -0.4 is 14.8 Å². The van der Waals surface area contributed by atoms with Crippen molar-refractivity contribution in [2.45, 2.75) is 19.9 Å². The van der Waals surface area contributed by atoms with Gasteiger partial charge in [0.2, 0.25) is 0 Å². The van der Waals surface area contributed by atoms with Gasteiger partial charge in [0.05, 0.1) is 25.3 Å². The third-order valence-corrected chi connectivity index (χ3v) is 3.39. The molecular weight excluding hydrogens is 278 g/mol. The Hall–Kier alpha value is -2.49. The number of nitrogens with one attached hydrogen (secondary N) is 1. The minimum atomic E-state index is -0.154. The molecule has 0 heterocycles. The van der Waals surface area contributed by atoms with E-state index in [1.54, 1.807) is 19.2 Å². The number of hydrogen-bond donors (Lipinski definition) is 1. The number of hydrogen-bond acceptors (Lipinski definition) is 3. The fourth-order valence-corrected chi connectivity index (χ4v) is 2.21. The van der Waals surface area contributed by atoms with Crippen LogP contribution in [0.4, 0.5) is 0 Å². The first-order valence-electron chi connectivity index (χ1n) is 7.32. The van der Waals surface area contributed by atoms with Gasteiger partial charge in [-0.15, -0.1) is 0 Å². The van der Waals surface area contributed by atoms with Crippen LogP contribution in [0.2, 0.25) is 0 Å². The Morgan fingerprint density at radius 2 is 1.82 bits per heavy atom. The maximum Gasteiger partial charge on any atom is 0.255 e. The van der Waals surface area contributed by atoms with Gasteiger partial charge in [0.15, 0.2) is 0 Å². The number of rotatable bonds is 6. The average Bonchev–Trinajstić information content (AvgIpc) is 2.55. The molecule has 2 rings (SSSR count). The zero-order valence-electron chi connectivity index (χ0n) is 13.1. The third-order valence-electron chi connectivity index (χ3n) is 3.39. The largest absolute Gasteiger partial charge is 0.496 e. The van der Waals surface area contributed by atoms with E-state index in [0.29, 0.717) is 17.9 Å². The van der Waals surface area contributed by atoms with Crippen molar-refractivity contribution in [1.82, 2.24) is 5.32 Å². The molecule has 0 saturated heterocycles. The lowest BCUT2D eigenvalue weighted by Crippen LogP contribution is -2.27. The highest BCUT2D eigenvalue weighted by Gasteiger charge is 2.15. The summed E-state index contributed by atoms with van der Waals surface area (Å²) in [6.45, 7) is 4.53. The molecule has 0 bridgehead atoms. The van der Waals surface area contributed by atoms with Crippen LogP contribution in [0.25, 0.3) is 0 Å². The van der Waals surface area contributed by atoms with Crippen LogP contribution >= 0.6 is 0 Å². The second kappa shape index (κ2) is 7.50. The summed E-state index contributed by atoms with van der Waals surface area (Å²) in [6, 6.07) is 14.8. The van der Waals surface area contributed by atoms with E-state index in [2.05, 4.69) is 5.32 Å². The molecule has 2 aromatic rings. The normalized spacial score (nSPS) is 11.6. The Kier molecular flexibility index (Phi) is 5.42. The number of benzene rings is 2. The fourth-order valence-electron chi connectivity index (χ4n) is 2.21. The molecule has 1 amide bonds. The molecular formula is C18H21NO3. The molecule has 1 N–H and O–H groups in total. The van der Waals surface area contributed by atoms with Crippen LogP contribution in [0.1, 0.15) is 35.8 Å². The van der Waals surface area contributed by atoms with Crippen LogP contribution in [0.15, 0.2) is 48.5 Å². The average molecular weight is 299 g/mol. The van der Waals surface area contributed by atoms with Crippen LogP contribution in [0.5, 0.6) is 11.5 Å². The molecule has 0 fully saturated rings. The van der Waals surface area contributed by atoms with Crippen LogP contribution in [-0.2, 0) is 0 Å². The summed E-state index contributed by atoms with van der Waals surface area (Å²) >= 11 is 0. The summed E-state index contributed by atoms with van der Waals surface area (Å²) in [5.41, 5.74) is 1.55. The minimum absolute atomic E-state index is 0.104. The number of methoxy groups -OCH3 is 1. The van der Waals surface area contributed by atoms with Gasteiger partial charge in [-0.3, -0.25) is 4.79 Å². The number of carbonyl (C=O) groups excluding carboxylic acids is 1. The van der Waals surface area contributed by atoms with E-state index in [-0.39, 0.29) is 11.9 Å². The van der Waals surface area contributed by atoms with E-state index >= 15 is 0 Å². The number of amides is 1. The molecule has 1 atom stereocenters. The van der Waals surface area contributed by atoms with E-state index < -0.39 is 0 Å². The van der Waals surface area contributed by atoms with Crippen LogP contribution in [0, 0.1) is 0 Å². The summed E-state index contributed by atoms with van der Waals surface area (Å²) in [7, 11) is 1.56. The third kappa shape index (κ3) is 3.79. The second-order valence-corrected chi connectivity index (χ2v) is 4.90. The summed E-state index contributed by atoms with van der Waals surface area (Å²) < 4.78 is 10.6. The Morgan fingerprint density at radius 1 is 1.14 bits per heavy atom. The summed E-state index contributed by atoms with van der Waals surface area (Å²) in [5.74, 6) is 1.24. The maximum atomic E-state index is 12.4. The van der Waals surface area contributed by atoms with Crippen molar-refractivity contribution >= 4 is 5.91 Å². The topological polar surface area (TPSA) is 47.6 Å². The zero-order chi connectivity index (χ0) is 15.9. The van der Waals surface area contributed by atoms with Crippen molar-refractivity contribution in [2.75, 3.05) is 13.7 Å². The molecule has 0 spiro atoms. The summed E-state index contributed by atoms with van der Waals surface area (Å²) in [6.07, 6.45) is 0. The molecule has 1 unspecified atom stereocenters. The standard InChI is InChI=1S/C18H21NO3/c1-4-22-15-11-9-14(10-12-15)13(2)19-18(20)16-7-5-6-8-17(16)21-3/h5-13H,4H2,1-3H3,(H,19,20). The van der Waals surface area contributed by atoms with E-state index in [4.69, 9.17) is 9.47 Å². The second-order valence-electron chi connectivity index (χ2n) is 4.90. The molecule has 0 aliphatic rings. The van der Waals surface area contributed by atoms with Gasteiger partial charge < -0.3 is 14.8 Å². The van der Waals surface area contributed by atoms with Crippen molar-refractivity contribution in [3.8, 4) is 11.5 Å². The van der Waals surface area contributed by atoms with Gasteiger partial charge in [0, 0.05) is 0 Å². The first-order valence-corrected chi connectivity index (χ1v) is 7.32. The molecule has 2 aromatic carbocycles. The smallest absolute Gasteiger partial charge is 0.255 e. The van der Waals surface area contributed by atoms with Crippen molar-refractivity contribution < 1.29 is 14.3 Å². The van der Waals surface area contributed by atoms with Crippen molar-refractivity contribution in [2.24, 2.45) is 0 Å². The molecule has 0 aliphatic carbocycles. The Bertz CT molecular complexity index is 622. The lowest BCUT2D eigenvalue weighted by Gasteiger charge is -2.16. The number of carbonyl (C=O) groups is 1. The van der Waals surface area contributed by atoms with Gasteiger partial charge in [-0.1, -0.05) is 24.3 Å². The highest BCUT2D eigenvalue weighted by Crippen LogP contribution is 2.21. The van der Waals surface area contributed by atoms with E-state index in [1.165, 1.54) is 0 Å². The SMILES string of the molecule is CCOc1ccc(C(C)NC(=O)c2ccccc2OC)cc1. The molecule has 0 aromatic heterocycles. The van der Waals surface area contributed by atoms with Gasteiger partial charge in [-0.2, -0.15) is 0 Å². The first kappa shape index (κ1) is 15.9. The molecule has 4 nitrogen and oxygen atoms in total. The van der Waals surface area contributed by atoms with E-state index in [0.717, 1.165) is 11.3 Å². The van der Waals surface area contributed by atoms with Crippen molar-refractivity contribution in [3.05, 3.63) is 59.7 Å². The molecule has 4 heteroatoms. The highest BCUT2D eigenvalue weighted by atomic mass is 16.5. The van der Waals surface area contributed by atoms with Gasteiger partial charge in [0.1, 0.15) is 11.5 Å². The molecule has 116 valence electrons. The Labute approximate surface area is 131 Å². The van der Waals surface area contributed by atoms with Crippen molar-refractivity contribution in [1.29, 1.82) is 0 Å². The Morgan fingerprint density at radius 3 is 2.45 bits per heavy atom. The zero-order valence-corrected chi connectivity index (χ0v) is 13.1. The van der Waals surface area contributed by atoms with Gasteiger partial charge in [-0.25, -0.2) is 0 Å². The lowest BCUT2D eigenvalue weighted by molar-refractivity contribution is 0.0937. The predicted molar refractivity (Wildman–Crippen MR) is 86.5 cm³/mol. The molecule has 0 aliphatic heterocycles. The Balaban J connectivity index is 2.07. The molecule has 22 heavy (non-hydrogen) atoms. The van der Waals surface area contributed by atoms with Crippen LogP contribution in [0.3, 0.4) is 0 Å². The van der Waals surface area contributed by atoms with E-state index in [1.807, 2.05) is 50.2 Å².